The first-order valence-electron chi connectivity index (χ1n) is 5.95. The number of nitrogens with zero attached hydrogens (tertiary/aromatic N) is 2. The standard InChI is InChI=1S/C12H12N2O7/c15-5-6-21-7-12(20,13-8(16)1-2-9(13)17)14-10(18)3-4-11(14)19/h1-4,15,20H,5-7H2. The number of carbonyl (C=O) groups excluding carboxylic acids is 4. The maximum Gasteiger partial charge on any atom is 0.262 e. The van der Waals surface area contributed by atoms with E-state index in [4.69, 9.17) is 9.84 Å². The second-order valence-electron chi connectivity index (χ2n) is 4.24. The molecule has 0 aromatic carbocycles. The summed E-state index contributed by atoms with van der Waals surface area (Å²) in [5.41, 5.74) is 0. The van der Waals surface area contributed by atoms with Crippen LogP contribution in [0.15, 0.2) is 24.3 Å². The molecule has 4 amide bonds. The Morgan fingerprint density at radius 3 is 1.62 bits per heavy atom. The van der Waals surface area contributed by atoms with Crippen molar-refractivity contribution in [1.82, 2.24) is 9.80 Å². The van der Waals surface area contributed by atoms with Gasteiger partial charge in [0.15, 0.2) is 0 Å². The van der Waals surface area contributed by atoms with E-state index in [0.717, 1.165) is 24.3 Å². The van der Waals surface area contributed by atoms with Gasteiger partial charge in [0, 0.05) is 24.3 Å². The summed E-state index contributed by atoms with van der Waals surface area (Å²) in [6, 6.07) is 0. The molecule has 0 aliphatic carbocycles. The SMILES string of the molecule is O=C1C=CC(=O)N1C(O)(COCCO)N1C(=O)C=CC1=O. The van der Waals surface area contributed by atoms with Crippen molar-refractivity contribution in [3.63, 3.8) is 0 Å². The van der Waals surface area contributed by atoms with E-state index in [0.29, 0.717) is 9.80 Å². The summed E-state index contributed by atoms with van der Waals surface area (Å²) in [4.78, 5) is 47.6. The lowest BCUT2D eigenvalue weighted by molar-refractivity contribution is -0.224. The van der Waals surface area contributed by atoms with E-state index in [1.165, 1.54) is 0 Å². The van der Waals surface area contributed by atoms with Gasteiger partial charge in [0.05, 0.1) is 13.2 Å². The summed E-state index contributed by atoms with van der Waals surface area (Å²) < 4.78 is 4.92. The first kappa shape index (κ1) is 15.0. The number of aliphatic hydroxyl groups is 2. The molecule has 0 aromatic rings. The van der Waals surface area contributed by atoms with E-state index in [-0.39, 0.29) is 13.2 Å². The fourth-order valence-corrected chi connectivity index (χ4v) is 2.01. The monoisotopic (exact) mass is 296 g/mol. The molecule has 0 radical (unpaired) electrons. The second kappa shape index (κ2) is 5.56. The molecule has 0 bridgehead atoms. The highest BCUT2D eigenvalue weighted by Gasteiger charge is 2.53. The third-order valence-corrected chi connectivity index (χ3v) is 2.87. The van der Waals surface area contributed by atoms with Crippen LogP contribution in [-0.4, -0.2) is 69.3 Å². The molecule has 9 nitrogen and oxygen atoms in total. The van der Waals surface area contributed by atoms with Crippen LogP contribution in [0, 0.1) is 0 Å². The van der Waals surface area contributed by atoms with E-state index in [1.54, 1.807) is 0 Å². The van der Waals surface area contributed by atoms with Crippen molar-refractivity contribution in [2.75, 3.05) is 19.8 Å². The minimum Gasteiger partial charge on any atom is -0.394 e. The van der Waals surface area contributed by atoms with Crippen LogP contribution in [0.5, 0.6) is 0 Å². The van der Waals surface area contributed by atoms with Crippen molar-refractivity contribution in [3.8, 4) is 0 Å². The molecule has 2 N–H and O–H groups in total. The molecule has 2 aliphatic rings. The largest absolute Gasteiger partial charge is 0.394 e. The zero-order valence-corrected chi connectivity index (χ0v) is 10.8. The third-order valence-electron chi connectivity index (χ3n) is 2.87. The summed E-state index contributed by atoms with van der Waals surface area (Å²) in [5, 5.41) is 19.3. The Hall–Kier alpha value is -2.36. The zero-order chi connectivity index (χ0) is 15.6. The number of hydrogen-bond donors (Lipinski definition) is 2. The van der Waals surface area contributed by atoms with Crippen LogP contribution in [0.4, 0.5) is 0 Å². The predicted octanol–water partition coefficient (Wildman–Crippen LogP) is -2.51. The van der Waals surface area contributed by atoms with Gasteiger partial charge in [-0.3, -0.25) is 19.2 Å². The van der Waals surface area contributed by atoms with E-state index in [1.807, 2.05) is 0 Å². The Morgan fingerprint density at radius 1 is 0.905 bits per heavy atom. The highest BCUT2D eigenvalue weighted by molar-refractivity contribution is 6.16. The normalized spacial score (nSPS) is 18.6. The van der Waals surface area contributed by atoms with E-state index < -0.39 is 36.1 Å². The van der Waals surface area contributed by atoms with Gasteiger partial charge in [0.1, 0.15) is 6.61 Å². The Kier molecular flexibility index (Phi) is 3.98. The highest BCUT2D eigenvalue weighted by Crippen LogP contribution is 2.26. The molecule has 21 heavy (non-hydrogen) atoms. The van der Waals surface area contributed by atoms with Gasteiger partial charge in [-0.25, -0.2) is 9.80 Å². The first-order valence-corrected chi connectivity index (χ1v) is 5.95. The van der Waals surface area contributed by atoms with Crippen molar-refractivity contribution in [2.24, 2.45) is 0 Å². The van der Waals surface area contributed by atoms with Gasteiger partial charge >= 0.3 is 0 Å². The zero-order valence-electron chi connectivity index (χ0n) is 10.8. The van der Waals surface area contributed by atoms with E-state index in [9.17, 15) is 24.3 Å². The molecule has 0 saturated carbocycles. The second-order valence-corrected chi connectivity index (χ2v) is 4.24. The molecular weight excluding hydrogens is 284 g/mol. The van der Waals surface area contributed by atoms with Crippen LogP contribution < -0.4 is 0 Å². The van der Waals surface area contributed by atoms with E-state index >= 15 is 0 Å². The molecule has 9 heteroatoms. The van der Waals surface area contributed by atoms with Crippen molar-refractivity contribution in [3.05, 3.63) is 24.3 Å². The topological polar surface area (TPSA) is 124 Å². The Balaban J connectivity index is 2.35. The van der Waals surface area contributed by atoms with Gasteiger partial charge in [0.2, 0.25) is 0 Å². The molecule has 0 aromatic heterocycles. The molecule has 0 fully saturated rings. The van der Waals surface area contributed by atoms with Crippen LogP contribution in [0.2, 0.25) is 0 Å². The number of rotatable bonds is 6. The van der Waals surface area contributed by atoms with Crippen molar-refractivity contribution < 1.29 is 34.1 Å². The molecule has 2 rings (SSSR count). The van der Waals surface area contributed by atoms with Crippen molar-refractivity contribution in [1.29, 1.82) is 0 Å². The average molecular weight is 296 g/mol. The Morgan fingerprint density at radius 2 is 1.29 bits per heavy atom. The summed E-state index contributed by atoms with van der Waals surface area (Å²) in [6.07, 6.45) is 3.60. The minimum absolute atomic E-state index is 0.213. The molecule has 0 atom stereocenters. The fraction of sp³-hybridized carbons (Fsp3) is 0.333. The molecule has 2 heterocycles. The quantitative estimate of drug-likeness (QED) is 0.410. The van der Waals surface area contributed by atoms with Gasteiger partial charge in [-0.1, -0.05) is 0 Å². The predicted molar refractivity (Wildman–Crippen MR) is 64.8 cm³/mol. The summed E-state index contributed by atoms with van der Waals surface area (Å²) in [5.74, 6) is -6.14. The minimum atomic E-state index is -2.59. The average Bonchev–Trinajstić information content (AvgIpc) is 2.93. The number of imide groups is 2. The lowest BCUT2D eigenvalue weighted by Crippen LogP contribution is -2.67. The van der Waals surface area contributed by atoms with Crippen LogP contribution >= 0.6 is 0 Å². The summed E-state index contributed by atoms with van der Waals surface area (Å²) in [7, 11) is 0. The van der Waals surface area contributed by atoms with Crippen molar-refractivity contribution in [2.45, 2.75) is 5.85 Å². The van der Waals surface area contributed by atoms with Gasteiger partial charge < -0.3 is 14.9 Å². The number of amides is 4. The van der Waals surface area contributed by atoms with Gasteiger partial charge in [-0.2, -0.15) is 0 Å². The van der Waals surface area contributed by atoms with Crippen LogP contribution in [0.25, 0.3) is 0 Å². The molecule has 2 aliphatic heterocycles. The Labute approximate surface area is 118 Å². The number of ether oxygens (including phenoxy) is 1. The van der Waals surface area contributed by atoms with Crippen LogP contribution in [0.3, 0.4) is 0 Å². The van der Waals surface area contributed by atoms with Gasteiger partial charge in [0.25, 0.3) is 29.5 Å². The molecule has 0 unspecified atom stereocenters. The molecule has 0 spiro atoms. The number of aliphatic hydroxyl groups excluding tert-OH is 1. The lowest BCUT2D eigenvalue weighted by atomic mass is 10.3. The molecule has 0 saturated heterocycles. The van der Waals surface area contributed by atoms with Gasteiger partial charge in [-0.05, 0) is 0 Å². The summed E-state index contributed by atoms with van der Waals surface area (Å²) >= 11 is 0. The third kappa shape index (κ3) is 2.49. The maximum absolute atomic E-state index is 11.7. The fourth-order valence-electron chi connectivity index (χ4n) is 2.01. The van der Waals surface area contributed by atoms with Crippen LogP contribution in [0.1, 0.15) is 0 Å². The highest BCUT2D eigenvalue weighted by atomic mass is 16.5. The van der Waals surface area contributed by atoms with Crippen molar-refractivity contribution >= 4 is 23.6 Å². The Bertz CT molecular complexity index is 488. The number of hydrogen-bond acceptors (Lipinski definition) is 7. The first-order chi connectivity index (χ1) is 9.91. The van der Waals surface area contributed by atoms with Crippen LogP contribution in [-0.2, 0) is 23.9 Å². The number of carbonyl (C=O) groups is 4. The lowest BCUT2D eigenvalue weighted by Gasteiger charge is -2.40. The maximum atomic E-state index is 11.7. The molecule has 112 valence electrons. The summed E-state index contributed by atoms with van der Waals surface area (Å²) in [6.45, 7) is -1.32. The molecular formula is C12H12N2O7. The van der Waals surface area contributed by atoms with E-state index in [2.05, 4.69) is 0 Å². The smallest absolute Gasteiger partial charge is 0.262 e. The van der Waals surface area contributed by atoms with Gasteiger partial charge in [-0.15, -0.1) is 0 Å².